The van der Waals surface area contributed by atoms with E-state index in [1.807, 2.05) is 0 Å². The number of sulfonamides is 1. The van der Waals surface area contributed by atoms with Crippen LogP contribution in [-0.4, -0.2) is 46.5 Å². The zero-order valence-corrected chi connectivity index (χ0v) is 12.9. The number of ether oxygens (including phenoxy) is 2. The minimum absolute atomic E-state index is 0.123. The van der Waals surface area contributed by atoms with E-state index in [4.69, 9.17) is 14.6 Å². The van der Waals surface area contributed by atoms with Crippen LogP contribution in [0.1, 0.15) is 18.4 Å². The summed E-state index contributed by atoms with van der Waals surface area (Å²) in [5.41, 5.74) is 0.543. The molecule has 0 bridgehead atoms. The van der Waals surface area contributed by atoms with Crippen molar-refractivity contribution in [3.8, 4) is 5.75 Å². The second-order valence-electron chi connectivity index (χ2n) is 4.98. The lowest BCUT2D eigenvalue weighted by atomic mass is 10.1. The lowest BCUT2D eigenvalue weighted by Crippen LogP contribution is -2.40. The van der Waals surface area contributed by atoms with Gasteiger partial charge in [0, 0.05) is 19.3 Å². The lowest BCUT2D eigenvalue weighted by molar-refractivity contribution is 0.0774. The molecular weight excluding hydrogens is 294 g/mol. The maximum Gasteiger partial charge on any atom is 0.241 e. The SMILES string of the molecule is COc1ccc(S(=O)(=O)NC2CCCOC2)c(CCO)c1. The molecule has 7 heteroatoms. The normalized spacial score (nSPS) is 19.4. The fraction of sp³-hybridized carbons (Fsp3) is 0.571. The van der Waals surface area contributed by atoms with Gasteiger partial charge in [-0.25, -0.2) is 13.1 Å². The average Bonchev–Trinajstić information content (AvgIpc) is 2.48. The van der Waals surface area contributed by atoms with Gasteiger partial charge < -0.3 is 14.6 Å². The molecule has 0 saturated carbocycles. The Balaban J connectivity index is 2.25. The number of aliphatic hydroxyl groups excluding tert-OH is 1. The molecule has 0 radical (unpaired) electrons. The van der Waals surface area contributed by atoms with Crippen molar-refractivity contribution in [2.75, 3.05) is 26.9 Å². The van der Waals surface area contributed by atoms with E-state index in [1.54, 1.807) is 12.1 Å². The van der Waals surface area contributed by atoms with Gasteiger partial charge >= 0.3 is 0 Å². The van der Waals surface area contributed by atoms with Crippen LogP contribution in [0.3, 0.4) is 0 Å². The molecule has 1 aliphatic rings. The molecule has 0 amide bonds. The highest BCUT2D eigenvalue weighted by molar-refractivity contribution is 7.89. The number of nitrogens with one attached hydrogen (secondary N) is 1. The second-order valence-corrected chi connectivity index (χ2v) is 6.67. The minimum Gasteiger partial charge on any atom is -0.497 e. The fourth-order valence-corrected chi connectivity index (χ4v) is 3.88. The Labute approximate surface area is 125 Å². The highest BCUT2D eigenvalue weighted by Crippen LogP contribution is 2.23. The Morgan fingerprint density at radius 3 is 2.90 bits per heavy atom. The number of benzene rings is 1. The van der Waals surface area contributed by atoms with Crippen LogP contribution in [0.2, 0.25) is 0 Å². The smallest absolute Gasteiger partial charge is 0.241 e. The summed E-state index contributed by atoms with van der Waals surface area (Å²) in [6.07, 6.45) is 1.87. The summed E-state index contributed by atoms with van der Waals surface area (Å²) in [5, 5.41) is 9.12. The predicted molar refractivity (Wildman–Crippen MR) is 77.9 cm³/mol. The van der Waals surface area contributed by atoms with Crippen LogP contribution in [0.4, 0.5) is 0 Å². The molecule has 2 N–H and O–H groups in total. The standard InChI is InChI=1S/C14H21NO5S/c1-19-13-4-5-14(11(9-13)6-7-16)21(17,18)15-12-3-2-8-20-10-12/h4-5,9,12,15-16H,2-3,6-8,10H2,1H3. The highest BCUT2D eigenvalue weighted by atomic mass is 32.2. The summed E-state index contributed by atoms with van der Waals surface area (Å²) in [7, 11) is -2.12. The lowest BCUT2D eigenvalue weighted by Gasteiger charge is -2.23. The molecule has 0 aromatic heterocycles. The molecule has 1 aliphatic heterocycles. The molecule has 1 fully saturated rings. The Morgan fingerprint density at radius 2 is 2.29 bits per heavy atom. The molecule has 1 unspecified atom stereocenters. The van der Waals surface area contributed by atoms with E-state index in [0.717, 1.165) is 12.8 Å². The van der Waals surface area contributed by atoms with E-state index in [0.29, 0.717) is 24.5 Å². The van der Waals surface area contributed by atoms with Crippen LogP contribution < -0.4 is 9.46 Å². The molecule has 1 atom stereocenters. The van der Waals surface area contributed by atoms with E-state index in [9.17, 15) is 8.42 Å². The summed E-state index contributed by atoms with van der Waals surface area (Å²) >= 11 is 0. The van der Waals surface area contributed by atoms with Gasteiger partial charge in [0.25, 0.3) is 0 Å². The summed E-state index contributed by atoms with van der Waals surface area (Å²) in [6, 6.07) is 4.55. The summed E-state index contributed by atoms with van der Waals surface area (Å²) < 4.78 is 38.1. The van der Waals surface area contributed by atoms with Gasteiger partial charge in [0.05, 0.1) is 18.6 Å². The maximum atomic E-state index is 12.5. The van der Waals surface area contributed by atoms with Gasteiger partial charge in [-0.3, -0.25) is 0 Å². The van der Waals surface area contributed by atoms with E-state index < -0.39 is 10.0 Å². The largest absolute Gasteiger partial charge is 0.497 e. The summed E-state index contributed by atoms with van der Waals surface area (Å²) in [4.78, 5) is 0.183. The van der Waals surface area contributed by atoms with Gasteiger partial charge in [-0.1, -0.05) is 0 Å². The minimum atomic E-state index is -3.63. The van der Waals surface area contributed by atoms with Gasteiger partial charge in [-0.05, 0) is 43.0 Å². The van der Waals surface area contributed by atoms with Gasteiger partial charge in [0.1, 0.15) is 5.75 Å². The van der Waals surface area contributed by atoms with Crippen molar-refractivity contribution in [2.24, 2.45) is 0 Å². The molecule has 1 saturated heterocycles. The molecule has 6 nitrogen and oxygen atoms in total. The van der Waals surface area contributed by atoms with Gasteiger partial charge in [0.15, 0.2) is 0 Å². The molecule has 1 aromatic rings. The van der Waals surface area contributed by atoms with Crippen molar-refractivity contribution in [1.82, 2.24) is 4.72 Å². The monoisotopic (exact) mass is 315 g/mol. The molecule has 1 aromatic carbocycles. The van der Waals surface area contributed by atoms with Crippen LogP contribution in [-0.2, 0) is 21.2 Å². The number of aliphatic hydroxyl groups is 1. The first-order valence-electron chi connectivity index (χ1n) is 6.94. The van der Waals surface area contributed by atoms with Crippen LogP contribution in [0.25, 0.3) is 0 Å². The van der Waals surface area contributed by atoms with Crippen molar-refractivity contribution in [1.29, 1.82) is 0 Å². The van der Waals surface area contributed by atoms with Crippen LogP contribution in [0.5, 0.6) is 5.75 Å². The Morgan fingerprint density at radius 1 is 1.48 bits per heavy atom. The summed E-state index contributed by atoms with van der Waals surface area (Å²) in [6.45, 7) is 0.948. The quantitative estimate of drug-likeness (QED) is 0.807. The first kappa shape index (κ1) is 16.2. The average molecular weight is 315 g/mol. The third-order valence-corrected chi connectivity index (χ3v) is 5.04. The number of hydrogen-bond donors (Lipinski definition) is 2. The zero-order chi connectivity index (χ0) is 15.3. The number of rotatable bonds is 6. The first-order chi connectivity index (χ1) is 10.1. The van der Waals surface area contributed by atoms with Crippen molar-refractivity contribution < 1.29 is 23.0 Å². The van der Waals surface area contributed by atoms with E-state index in [1.165, 1.54) is 13.2 Å². The maximum absolute atomic E-state index is 12.5. The van der Waals surface area contributed by atoms with Gasteiger partial charge in [-0.2, -0.15) is 0 Å². The molecular formula is C14H21NO5S. The Bertz CT molecular complexity index is 567. The third-order valence-electron chi connectivity index (χ3n) is 3.42. The van der Waals surface area contributed by atoms with Gasteiger partial charge in [0.2, 0.25) is 10.0 Å². The van der Waals surface area contributed by atoms with E-state index >= 15 is 0 Å². The number of methoxy groups -OCH3 is 1. The molecule has 21 heavy (non-hydrogen) atoms. The molecule has 1 heterocycles. The van der Waals surface area contributed by atoms with Gasteiger partial charge in [-0.15, -0.1) is 0 Å². The molecule has 0 aliphatic carbocycles. The zero-order valence-electron chi connectivity index (χ0n) is 12.0. The predicted octanol–water partition coefficient (Wildman–Crippen LogP) is 0.687. The third kappa shape index (κ3) is 4.16. The summed E-state index contributed by atoms with van der Waals surface area (Å²) in [5.74, 6) is 0.568. The van der Waals surface area contributed by atoms with Crippen LogP contribution >= 0.6 is 0 Å². The fourth-order valence-electron chi connectivity index (χ4n) is 2.38. The highest BCUT2D eigenvalue weighted by Gasteiger charge is 2.24. The molecule has 118 valence electrons. The van der Waals surface area contributed by atoms with Crippen molar-refractivity contribution in [3.63, 3.8) is 0 Å². The Hall–Kier alpha value is -1.15. The first-order valence-corrected chi connectivity index (χ1v) is 8.43. The second kappa shape index (κ2) is 7.22. The van der Waals surface area contributed by atoms with Crippen LogP contribution in [0.15, 0.2) is 23.1 Å². The van der Waals surface area contributed by atoms with Crippen molar-refractivity contribution in [3.05, 3.63) is 23.8 Å². The topological polar surface area (TPSA) is 84.9 Å². The molecule has 0 spiro atoms. The molecule has 2 rings (SSSR count). The van der Waals surface area contributed by atoms with Crippen LogP contribution in [0, 0.1) is 0 Å². The number of hydrogen-bond acceptors (Lipinski definition) is 5. The van der Waals surface area contributed by atoms with E-state index in [2.05, 4.69) is 4.72 Å². The van der Waals surface area contributed by atoms with Crippen molar-refractivity contribution >= 4 is 10.0 Å². The van der Waals surface area contributed by atoms with E-state index in [-0.39, 0.29) is 24.0 Å². The van der Waals surface area contributed by atoms with Crippen molar-refractivity contribution in [2.45, 2.75) is 30.2 Å². The Kier molecular flexibility index (Phi) is 5.58.